The smallest absolute Gasteiger partial charge is 0.301 e. The van der Waals surface area contributed by atoms with Gasteiger partial charge in [-0.1, -0.05) is 0 Å². The highest BCUT2D eigenvalue weighted by molar-refractivity contribution is 5.92. The van der Waals surface area contributed by atoms with Gasteiger partial charge in [-0.25, -0.2) is 0 Å². The number of fused-ring (bicyclic) bond motifs is 1. The number of aromatic nitrogens is 2. The molecule has 0 saturated heterocycles. The Morgan fingerprint density at radius 2 is 2.12 bits per heavy atom. The molecule has 0 amide bonds. The van der Waals surface area contributed by atoms with Crippen molar-refractivity contribution in [3.8, 4) is 0 Å². The van der Waals surface area contributed by atoms with E-state index in [1.807, 2.05) is 18.7 Å². The first-order valence-corrected chi connectivity index (χ1v) is 5.33. The highest BCUT2D eigenvalue weighted by Gasteiger charge is 2.21. The Morgan fingerprint density at radius 3 is 2.71 bits per heavy atom. The zero-order valence-electron chi connectivity index (χ0n) is 9.58. The fourth-order valence-electron chi connectivity index (χ4n) is 1.80. The first-order valence-electron chi connectivity index (χ1n) is 5.33. The van der Waals surface area contributed by atoms with E-state index in [0.717, 1.165) is 18.8 Å². The molecular formula is C10H12N4O3. The first-order chi connectivity index (χ1) is 8.19. The van der Waals surface area contributed by atoms with Gasteiger partial charge in [0.2, 0.25) is 11.1 Å². The summed E-state index contributed by atoms with van der Waals surface area (Å²) in [6.45, 7) is 5.56. The molecule has 2 aromatic rings. The third kappa shape index (κ3) is 1.79. The van der Waals surface area contributed by atoms with Crippen LogP contribution < -0.4 is 4.90 Å². The molecule has 1 aromatic carbocycles. The minimum Gasteiger partial charge on any atom is -0.369 e. The van der Waals surface area contributed by atoms with Crippen molar-refractivity contribution in [3.63, 3.8) is 0 Å². The Hall–Kier alpha value is -2.18. The monoisotopic (exact) mass is 236 g/mol. The van der Waals surface area contributed by atoms with Gasteiger partial charge in [0.15, 0.2) is 0 Å². The number of rotatable bonds is 4. The molecule has 0 N–H and O–H groups in total. The van der Waals surface area contributed by atoms with Crippen LogP contribution in [0.5, 0.6) is 0 Å². The number of anilines is 1. The van der Waals surface area contributed by atoms with Crippen molar-refractivity contribution in [2.45, 2.75) is 13.8 Å². The number of nitro groups is 1. The van der Waals surface area contributed by atoms with Crippen LogP contribution in [0.25, 0.3) is 11.1 Å². The molecule has 0 aliphatic carbocycles. The van der Waals surface area contributed by atoms with Crippen molar-refractivity contribution >= 4 is 22.5 Å². The van der Waals surface area contributed by atoms with Gasteiger partial charge in [0.05, 0.1) is 10.6 Å². The van der Waals surface area contributed by atoms with Crippen LogP contribution in [-0.2, 0) is 0 Å². The Balaban J connectivity index is 2.64. The van der Waals surface area contributed by atoms with Crippen molar-refractivity contribution in [1.29, 1.82) is 0 Å². The molecule has 0 unspecified atom stereocenters. The summed E-state index contributed by atoms with van der Waals surface area (Å²) in [5.74, 6) is 0. The van der Waals surface area contributed by atoms with Crippen LogP contribution in [0, 0.1) is 10.1 Å². The largest absolute Gasteiger partial charge is 0.369 e. The topological polar surface area (TPSA) is 85.3 Å². The molecule has 1 heterocycles. The highest BCUT2D eigenvalue weighted by atomic mass is 16.6. The van der Waals surface area contributed by atoms with Crippen molar-refractivity contribution in [2.75, 3.05) is 18.0 Å². The maximum atomic E-state index is 10.8. The molecule has 0 bridgehead atoms. The van der Waals surface area contributed by atoms with Crippen molar-refractivity contribution in [2.24, 2.45) is 0 Å². The number of hydrogen-bond donors (Lipinski definition) is 0. The van der Waals surface area contributed by atoms with Crippen molar-refractivity contribution in [1.82, 2.24) is 10.4 Å². The summed E-state index contributed by atoms with van der Waals surface area (Å²) >= 11 is 0. The van der Waals surface area contributed by atoms with E-state index in [9.17, 15) is 10.1 Å². The van der Waals surface area contributed by atoms with Crippen LogP contribution >= 0.6 is 0 Å². The summed E-state index contributed by atoms with van der Waals surface area (Å²) in [5.41, 5.74) is 1.25. The second-order valence-corrected chi connectivity index (χ2v) is 3.48. The Bertz CT molecular complexity index is 547. The first kappa shape index (κ1) is 11.3. The highest BCUT2D eigenvalue weighted by Crippen LogP contribution is 2.31. The van der Waals surface area contributed by atoms with E-state index in [-0.39, 0.29) is 11.2 Å². The Morgan fingerprint density at radius 1 is 1.41 bits per heavy atom. The molecule has 0 fully saturated rings. The molecule has 7 heteroatoms. The van der Waals surface area contributed by atoms with Crippen LogP contribution in [0.15, 0.2) is 16.7 Å². The van der Waals surface area contributed by atoms with Gasteiger partial charge in [-0.05, 0) is 19.9 Å². The molecule has 7 nitrogen and oxygen atoms in total. The quantitative estimate of drug-likeness (QED) is 0.596. The lowest BCUT2D eigenvalue weighted by molar-refractivity contribution is -0.383. The number of non-ortho nitro benzene ring substituents is 1. The van der Waals surface area contributed by atoms with E-state index in [2.05, 4.69) is 10.4 Å². The predicted molar refractivity (Wildman–Crippen MR) is 62.0 cm³/mol. The molecule has 1 aromatic heterocycles. The van der Waals surface area contributed by atoms with Crippen LogP contribution in [0.2, 0.25) is 0 Å². The summed E-state index contributed by atoms with van der Waals surface area (Å²) in [7, 11) is 0. The van der Waals surface area contributed by atoms with Gasteiger partial charge in [-0.2, -0.15) is 0 Å². The van der Waals surface area contributed by atoms with E-state index in [4.69, 9.17) is 4.52 Å². The third-order valence-electron chi connectivity index (χ3n) is 2.66. The van der Waals surface area contributed by atoms with E-state index in [1.165, 1.54) is 6.07 Å². The lowest BCUT2D eigenvalue weighted by Crippen LogP contribution is -2.21. The molecule has 0 aliphatic rings. The van der Waals surface area contributed by atoms with Gasteiger partial charge in [-0.15, -0.1) is 5.10 Å². The summed E-state index contributed by atoms with van der Waals surface area (Å²) in [5, 5.41) is 17.9. The zero-order valence-corrected chi connectivity index (χ0v) is 9.58. The summed E-state index contributed by atoms with van der Waals surface area (Å²) in [6, 6.07) is 3.10. The maximum absolute atomic E-state index is 10.8. The van der Waals surface area contributed by atoms with E-state index >= 15 is 0 Å². The normalized spacial score (nSPS) is 10.7. The number of benzene rings is 1. The summed E-state index contributed by atoms with van der Waals surface area (Å²) in [4.78, 5) is 12.4. The molecule has 0 spiro atoms. The zero-order chi connectivity index (χ0) is 12.4. The van der Waals surface area contributed by atoms with Crippen LogP contribution in [0.1, 0.15) is 13.8 Å². The average molecular weight is 236 g/mol. The minimum absolute atomic E-state index is 0.0860. The Kier molecular flexibility index (Phi) is 2.90. The standard InChI is InChI=1S/C10H12N4O3/c1-3-13(4-2)8-6-5-7(14(15)16)9-10(8)17-12-11-9/h5-6H,3-4H2,1-2H3. The second kappa shape index (κ2) is 4.36. The van der Waals surface area contributed by atoms with Crippen LogP contribution in [0.4, 0.5) is 11.4 Å². The van der Waals surface area contributed by atoms with Crippen molar-refractivity contribution < 1.29 is 9.45 Å². The second-order valence-electron chi connectivity index (χ2n) is 3.48. The van der Waals surface area contributed by atoms with Gasteiger partial charge in [0, 0.05) is 24.4 Å². The number of nitro benzene ring substituents is 1. The molecule has 17 heavy (non-hydrogen) atoms. The lowest BCUT2D eigenvalue weighted by atomic mass is 10.2. The molecule has 0 aliphatic heterocycles. The van der Waals surface area contributed by atoms with Gasteiger partial charge in [0.1, 0.15) is 0 Å². The SMILES string of the molecule is CCN(CC)c1ccc([N+](=O)[O-])c2nnoc12. The van der Waals surface area contributed by atoms with E-state index in [0.29, 0.717) is 5.58 Å². The minimum atomic E-state index is -0.488. The molecular weight excluding hydrogens is 224 g/mol. The van der Waals surface area contributed by atoms with Crippen molar-refractivity contribution in [3.05, 3.63) is 22.2 Å². The van der Waals surface area contributed by atoms with E-state index < -0.39 is 4.92 Å². The molecule has 90 valence electrons. The summed E-state index contributed by atoms with van der Waals surface area (Å²) in [6.07, 6.45) is 0. The Labute approximate surface area is 97.1 Å². The number of hydrogen-bond acceptors (Lipinski definition) is 6. The van der Waals surface area contributed by atoms with Gasteiger partial charge >= 0.3 is 5.69 Å². The molecule has 0 radical (unpaired) electrons. The van der Waals surface area contributed by atoms with E-state index in [1.54, 1.807) is 6.07 Å². The van der Waals surface area contributed by atoms with Crippen LogP contribution in [0.3, 0.4) is 0 Å². The summed E-state index contributed by atoms with van der Waals surface area (Å²) < 4.78 is 5.02. The fourth-order valence-corrected chi connectivity index (χ4v) is 1.80. The van der Waals surface area contributed by atoms with Crippen LogP contribution in [-0.4, -0.2) is 28.4 Å². The molecule has 2 rings (SSSR count). The lowest BCUT2D eigenvalue weighted by Gasteiger charge is -2.20. The molecule has 0 saturated carbocycles. The molecule has 0 atom stereocenters. The fraction of sp³-hybridized carbons (Fsp3) is 0.400. The van der Waals surface area contributed by atoms with Gasteiger partial charge < -0.3 is 9.42 Å². The average Bonchev–Trinajstić information content (AvgIpc) is 2.79. The third-order valence-corrected chi connectivity index (χ3v) is 2.66. The van der Waals surface area contributed by atoms with Gasteiger partial charge in [-0.3, -0.25) is 10.1 Å². The predicted octanol–water partition coefficient (Wildman–Crippen LogP) is 1.98. The number of nitrogens with zero attached hydrogens (tertiary/aromatic N) is 4. The maximum Gasteiger partial charge on any atom is 0.301 e. The van der Waals surface area contributed by atoms with Gasteiger partial charge in [0.25, 0.3) is 0 Å².